The fourth-order valence-electron chi connectivity index (χ4n) is 0.800. The second-order valence-electron chi connectivity index (χ2n) is 2.04. The number of benzene rings is 1. The fraction of sp³-hybridized carbons (Fsp3) is 0.143. The van der Waals surface area contributed by atoms with Crippen molar-refractivity contribution in [3.05, 3.63) is 23.2 Å². The van der Waals surface area contributed by atoms with Crippen LogP contribution in [-0.2, 0) is 0 Å². The number of hydrogen-bond donors (Lipinski definition) is 2. The normalized spacial score (nSPS) is 9.58. The number of nitrogens with one attached hydrogen (secondary N) is 1. The molecule has 12 heavy (non-hydrogen) atoms. The Morgan fingerprint density at radius 1 is 1.58 bits per heavy atom. The summed E-state index contributed by atoms with van der Waals surface area (Å²) in [7, 11) is 0. The molecule has 0 fully saturated rings. The first-order valence-electron chi connectivity index (χ1n) is 3.23. The zero-order chi connectivity index (χ0) is 8.97. The maximum atomic E-state index is 11.8. The van der Waals surface area contributed by atoms with Gasteiger partial charge in [-0.3, -0.25) is 5.84 Å². The largest absolute Gasteiger partial charge is 0.461 e. The first-order valence-corrected chi connectivity index (χ1v) is 3.60. The molecule has 3 nitrogen and oxygen atoms in total. The first-order chi connectivity index (χ1) is 5.77. The number of nitrogens with two attached hydrogens (primary N) is 1. The van der Waals surface area contributed by atoms with Gasteiger partial charge in [-0.05, 0) is 18.2 Å². The van der Waals surface area contributed by atoms with Gasteiger partial charge in [-0.2, -0.15) is 0 Å². The summed E-state index contributed by atoms with van der Waals surface area (Å²) < 4.78 is 16.4. The third kappa shape index (κ3) is 1.99. The predicted molar refractivity (Wildman–Crippen MR) is 45.9 cm³/mol. The van der Waals surface area contributed by atoms with Gasteiger partial charge in [0.25, 0.3) is 0 Å². The monoisotopic (exact) mass is 190 g/mol. The number of ether oxygens (including phenoxy) is 1. The van der Waals surface area contributed by atoms with Crippen molar-refractivity contribution in [1.82, 2.24) is 0 Å². The van der Waals surface area contributed by atoms with Crippen molar-refractivity contribution < 1.29 is 9.13 Å². The topological polar surface area (TPSA) is 47.3 Å². The highest BCUT2D eigenvalue weighted by Gasteiger charge is 2.01. The van der Waals surface area contributed by atoms with Crippen molar-refractivity contribution in [3.8, 4) is 5.75 Å². The van der Waals surface area contributed by atoms with Crippen LogP contribution in [0.15, 0.2) is 18.2 Å². The molecule has 0 amide bonds. The highest BCUT2D eigenvalue weighted by atomic mass is 35.5. The minimum atomic E-state index is -0.893. The van der Waals surface area contributed by atoms with Crippen LogP contribution in [0.1, 0.15) is 0 Å². The quantitative estimate of drug-likeness (QED) is 0.566. The van der Waals surface area contributed by atoms with Gasteiger partial charge < -0.3 is 10.2 Å². The van der Waals surface area contributed by atoms with Gasteiger partial charge in [-0.15, -0.1) is 0 Å². The molecule has 66 valence electrons. The van der Waals surface area contributed by atoms with E-state index in [2.05, 4.69) is 10.2 Å². The molecule has 0 aliphatic carbocycles. The van der Waals surface area contributed by atoms with Crippen LogP contribution >= 0.6 is 11.6 Å². The Balaban J connectivity index is 2.94. The van der Waals surface area contributed by atoms with Crippen LogP contribution in [0.5, 0.6) is 5.75 Å². The highest BCUT2D eigenvalue weighted by Crippen LogP contribution is 2.26. The first kappa shape index (κ1) is 9.09. The molecule has 0 unspecified atom stereocenters. The third-order valence-electron chi connectivity index (χ3n) is 1.31. The number of anilines is 1. The third-order valence-corrected chi connectivity index (χ3v) is 1.54. The highest BCUT2D eigenvalue weighted by molar-refractivity contribution is 6.30. The zero-order valence-corrected chi connectivity index (χ0v) is 6.94. The van der Waals surface area contributed by atoms with Crippen molar-refractivity contribution in [2.75, 3.05) is 12.3 Å². The number of rotatable bonds is 3. The van der Waals surface area contributed by atoms with Crippen molar-refractivity contribution in [1.29, 1.82) is 0 Å². The van der Waals surface area contributed by atoms with Crippen LogP contribution < -0.4 is 16.0 Å². The Labute approximate surface area is 74.2 Å². The van der Waals surface area contributed by atoms with Crippen LogP contribution in [-0.4, -0.2) is 6.86 Å². The van der Waals surface area contributed by atoms with Gasteiger partial charge in [-0.1, -0.05) is 11.6 Å². The van der Waals surface area contributed by atoms with Crippen LogP contribution in [0, 0.1) is 0 Å². The van der Waals surface area contributed by atoms with E-state index >= 15 is 0 Å². The zero-order valence-electron chi connectivity index (χ0n) is 6.18. The van der Waals surface area contributed by atoms with Gasteiger partial charge in [0.15, 0.2) is 0 Å². The minimum Gasteiger partial charge on any atom is -0.461 e. The lowest BCUT2D eigenvalue weighted by Gasteiger charge is -2.07. The summed E-state index contributed by atoms with van der Waals surface area (Å²) in [5, 5.41) is 0.508. The van der Waals surface area contributed by atoms with Crippen molar-refractivity contribution in [2.24, 2.45) is 5.84 Å². The number of hydrazine groups is 1. The summed E-state index contributed by atoms with van der Waals surface area (Å²) in [6.45, 7) is -0.893. The lowest BCUT2D eigenvalue weighted by atomic mass is 10.3. The second-order valence-corrected chi connectivity index (χ2v) is 2.47. The maximum Gasteiger partial charge on any atom is 0.228 e. The predicted octanol–water partition coefficient (Wildman–Crippen LogP) is 1.93. The Morgan fingerprint density at radius 2 is 2.33 bits per heavy atom. The average molecular weight is 191 g/mol. The Kier molecular flexibility index (Phi) is 3.13. The van der Waals surface area contributed by atoms with Gasteiger partial charge in [0, 0.05) is 5.02 Å². The molecule has 0 aromatic heterocycles. The Hall–Kier alpha value is -1.00. The molecule has 5 heteroatoms. The number of alkyl halides is 1. The van der Waals surface area contributed by atoms with Gasteiger partial charge in [0.1, 0.15) is 5.75 Å². The van der Waals surface area contributed by atoms with Crippen molar-refractivity contribution in [2.45, 2.75) is 0 Å². The van der Waals surface area contributed by atoms with Gasteiger partial charge in [-0.25, -0.2) is 4.39 Å². The van der Waals surface area contributed by atoms with E-state index in [1.54, 1.807) is 12.1 Å². The van der Waals surface area contributed by atoms with E-state index in [-0.39, 0.29) is 0 Å². The molecule has 0 atom stereocenters. The Bertz CT molecular complexity index is 270. The number of hydrogen-bond acceptors (Lipinski definition) is 3. The Morgan fingerprint density at radius 3 is 2.92 bits per heavy atom. The summed E-state index contributed by atoms with van der Waals surface area (Å²) in [5.41, 5.74) is 2.80. The number of nitrogen functional groups attached to an aromatic ring is 1. The molecule has 0 aliphatic rings. The van der Waals surface area contributed by atoms with Crippen LogP contribution in [0.4, 0.5) is 10.1 Å². The molecule has 1 aromatic carbocycles. The second kappa shape index (κ2) is 4.13. The van der Waals surface area contributed by atoms with Crippen molar-refractivity contribution in [3.63, 3.8) is 0 Å². The van der Waals surface area contributed by atoms with E-state index in [0.29, 0.717) is 16.5 Å². The molecule has 0 heterocycles. The maximum absolute atomic E-state index is 11.8. The van der Waals surface area contributed by atoms with Gasteiger partial charge in [0.2, 0.25) is 6.86 Å². The van der Waals surface area contributed by atoms with Crippen LogP contribution in [0.3, 0.4) is 0 Å². The van der Waals surface area contributed by atoms with E-state index in [4.69, 9.17) is 17.4 Å². The summed E-state index contributed by atoms with van der Waals surface area (Å²) in [6.07, 6.45) is 0. The van der Waals surface area contributed by atoms with Gasteiger partial charge in [0.05, 0.1) is 5.69 Å². The summed E-state index contributed by atoms with van der Waals surface area (Å²) in [6, 6.07) is 4.68. The fourth-order valence-corrected chi connectivity index (χ4v) is 0.972. The number of halogens is 2. The van der Waals surface area contributed by atoms with E-state index in [9.17, 15) is 4.39 Å². The van der Waals surface area contributed by atoms with E-state index < -0.39 is 6.86 Å². The lowest BCUT2D eigenvalue weighted by Crippen LogP contribution is -2.08. The molecule has 1 aromatic rings. The molecular formula is C7H8ClFN2O. The van der Waals surface area contributed by atoms with E-state index in [1.165, 1.54) is 6.07 Å². The molecule has 0 aliphatic heterocycles. The molecule has 0 bridgehead atoms. The van der Waals surface area contributed by atoms with E-state index in [1.807, 2.05) is 0 Å². The summed E-state index contributed by atoms with van der Waals surface area (Å²) >= 11 is 5.65. The van der Waals surface area contributed by atoms with Crippen LogP contribution in [0.25, 0.3) is 0 Å². The molecule has 0 saturated carbocycles. The summed E-state index contributed by atoms with van der Waals surface area (Å²) in [4.78, 5) is 0. The minimum absolute atomic E-state index is 0.337. The lowest BCUT2D eigenvalue weighted by molar-refractivity contribution is 0.192. The standard InChI is InChI=1S/C7H8ClFN2O/c8-5-1-2-7(12-4-9)6(3-5)11-10/h1-3,11H,4,10H2. The molecule has 0 saturated heterocycles. The smallest absolute Gasteiger partial charge is 0.228 e. The van der Waals surface area contributed by atoms with E-state index in [0.717, 1.165) is 0 Å². The molecule has 3 N–H and O–H groups in total. The molecule has 1 rings (SSSR count). The summed E-state index contributed by atoms with van der Waals surface area (Å²) in [5.74, 6) is 5.48. The average Bonchev–Trinajstić information content (AvgIpc) is 2.08. The SMILES string of the molecule is NNc1cc(Cl)ccc1OCF. The van der Waals surface area contributed by atoms with Crippen molar-refractivity contribution >= 4 is 17.3 Å². The molecule has 0 spiro atoms. The molecule has 0 radical (unpaired) electrons. The molecular weight excluding hydrogens is 183 g/mol. The van der Waals surface area contributed by atoms with Gasteiger partial charge >= 0.3 is 0 Å². The van der Waals surface area contributed by atoms with Crippen LogP contribution in [0.2, 0.25) is 5.02 Å².